The van der Waals surface area contributed by atoms with Gasteiger partial charge in [0.15, 0.2) is 0 Å². The molecule has 0 saturated carbocycles. The van der Waals surface area contributed by atoms with E-state index in [2.05, 4.69) is 9.84 Å². The molecular weight excluding hydrogens is 168 g/mol. The van der Waals surface area contributed by atoms with E-state index in [0.717, 1.165) is 12.1 Å². The van der Waals surface area contributed by atoms with Crippen molar-refractivity contribution in [3.8, 4) is 0 Å². The molecule has 1 heterocycles. The molecule has 0 aromatic carbocycles. The first-order valence-corrected chi connectivity index (χ1v) is 4.34. The van der Waals surface area contributed by atoms with Crippen LogP contribution >= 0.6 is 0 Å². The Labute approximate surface area is 77.5 Å². The van der Waals surface area contributed by atoms with Gasteiger partial charge < -0.3 is 4.74 Å². The van der Waals surface area contributed by atoms with Gasteiger partial charge in [-0.1, -0.05) is 0 Å². The molecule has 0 aliphatic heterocycles. The number of nitrogens with zero attached hydrogens (tertiary/aromatic N) is 2. The van der Waals surface area contributed by atoms with Crippen molar-refractivity contribution < 1.29 is 9.53 Å². The fraction of sp³-hybridized carbons (Fsp3) is 0.556. The number of hydrogen-bond donors (Lipinski definition) is 0. The van der Waals surface area contributed by atoms with Gasteiger partial charge >= 0.3 is 5.97 Å². The number of hydrogen-bond acceptors (Lipinski definition) is 3. The predicted molar refractivity (Wildman–Crippen MR) is 48.2 cm³/mol. The highest BCUT2D eigenvalue weighted by Crippen LogP contribution is 2.02. The Morgan fingerprint density at radius 2 is 2.46 bits per heavy atom. The maximum atomic E-state index is 10.8. The van der Waals surface area contributed by atoms with Crippen LogP contribution < -0.4 is 0 Å². The Morgan fingerprint density at radius 1 is 1.69 bits per heavy atom. The minimum atomic E-state index is -0.177. The maximum absolute atomic E-state index is 10.8. The first-order chi connectivity index (χ1) is 6.26. The smallest absolute Gasteiger partial charge is 0.305 e. The Bertz CT molecular complexity index is 281. The standard InChI is InChI=1S/C9H14N2O2/c1-3-11-7-8(6-10-11)4-5-9(12)13-2/h6-7H,3-5H2,1-2H3. The second-order valence-electron chi connectivity index (χ2n) is 2.78. The summed E-state index contributed by atoms with van der Waals surface area (Å²) in [6.07, 6.45) is 4.86. The predicted octanol–water partition coefficient (Wildman–Crippen LogP) is 1.01. The summed E-state index contributed by atoms with van der Waals surface area (Å²) in [5, 5.41) is 4.10. The topological polar surface area (TPSA) is 44.1 Å². The van der Waals surface area contributed by atoms with Gasteiger partial charge in [0, 0.05) is 19.2 Å². The average molecular weight is 182 g/mol. The lowest BCUT2D eigenvalue weighted by Crippen LogP contribution is -2.01. The molecule has 0 N–H and O–H groups in total. The van der Waals surface area contributed by atoms with Crippen molar-refractivity contribution in [1.82, 2.24) is 9.78 Å². The summed E-state index contributed by atoms with van der Waals surface area (Å²) in [6.45, 7) is 2.88. The van der Waals surface area contributed by atoms with Gasteiger partial charge in [0.25, 0.3) is 0 Å². The van der Waals surface area contributed by atoms with Crippen molar-refractivity contribution in [2.75, 3.05) is 7.11 Å². The van der Waals surface area contributed by atoms with Crippen molar-refractivity contribution in [1.29, 1.82) is 0 Å². The van der Waals surface area contributed by atoms with E-state index in [1.165, 1.54) is 7.11 Å². The lowest BCUT2D eigenvalue weighted by Gasteiger charge is -1.96. The molecule has 0 aliphatic rings. The number of carbonyl (C=O) groups excluding carboxylic acids is 1. The molecule has 13 heavy (non-hydrogen) atoms. The third kappa shape index (κ3) is 2.89. The zero-order valence-corrected chi connectivity index (χ0v) is 7.99. The number of esters is 1. The van der Waals surface area contributed by atoms with Crippen molar-refractivity contribution in [3.05, 3.63) is 18.0 Å². The SMILES string of the molecule is CCn1cc(CCC(=O)OC)cn1. The molecular formula is C9H14N2O2. The van der Waals surface area contributed by atoms with E-state index < -0.39 is 0 Å². The fourth-order valence-corrected chi connectivity index (χ4v) is 1.06. The zero-order chi connectivity index (χ0) is 9.68. The summed E-state index contributed by atoms with van der Waals surface area (Å²) >= 11 is 0. The van der Waals surface area contributed by atoms with Crippen LogP contribution in [0.25, 0.3) is 0 Å². The molecule has 4 heteroatoms. The number of rotatable bonds is 4. The number of aryl methyl sites for hydroxylation is 2. The highest BCUT2D eigenvalue weighted by Gasteiger charge is 2.02. The molecule has 0 fully saturated rings. The normalized spacial score (nSPS) is 10.0. The van der Waals surface area contributed by atoms with Gasteiger partial charge in [0.2, 0.25) is 0 Å². The Kier molecular flexibility index (Phi) is 3.49. The van der Waals surface area contributed by atoms with Crippen LogP contribution in [0.5, 0.6) is 0 Å². The molecule has 4 nitrogen and oxygen atoms in total. The monoisotopic (exact) mass is 182 g/mol. The Morgan fingerprint density at radius 3 is 3.00 bits per heavy atom. The lowest BCUT2D eigenvalue weighted by molar-refractivity contribution is -0.140. The summed E-state index contributed by atoms with van der Waals surface area (Å²) in [5.74, 6) is -0.177. The van der Waals surface area contributed by atoms with E-state index in [1.54, 1.807) is 6.20 Å². The van der Waals surface area contributed by atoms with Gasteiger partial charge in [-0.3, -0.25) is 9.48 Å². The van der Waals surface area contributed by atoms with Crippen molar-refractivity contribution in [2.24, 2.45) is 0 Å². The van der Waals surface area contributed by atoms with E-state index >= 15 is 0 Å². The quantitative estimate of drug-likeness (QED) is 0.653. The molecule has 1 aromatic heterocycles. The minimum Gasteiger partial charge on any atom is -0.469 e. The van der Waals surface area contributed by atoms with Crippen LogP contribution in [0.2, 0.25) is 0 Å². The van der Waals surface area contributed by atoms with E-state index in [9.17, 15) is 4.79 Å². The number of aromatic nitrogens is 2. The van der Waals surface area contributed by atoms with Crippen LogP contribution in [0.15, 0.2) is 12.4 Å². The Hall–Kier alpha value is -1.32. The summed E-state index contributed by atoms with van der Waals surface area (Å²) in [6, 6.07) is 0. The van der Waals surface area contributed by atoms with Crippen LogP contribution in [0.3, 0.4) is 0 Å². The molecule has 72 valence electrons. The lowest BCUT2D eigenvalue weighted by atomic mass is 10.2. The summed E-state index contributed by atoms with van der Waals surface area (Å²) in [5.41, 5.74) is 1.08. The minimum absolute atomic E-state index is 0.177. The van der Waals surface area contributed by atoms with Crippen molar-refractivity contribution >= 4 is 5.97 Å². The average Bonchev–Trinajstić information content (AvgIpc) is 2.61. The molecule has 1 rings (SSSR count). The maximum Gasteiger partial charge on any atom is 0.305 e. The molecule has 1 aromatic rings. The number of ether oxygens (including phenoxy) is 1. The first kappa shape index (κ1) is 9.77. The summed E-state index contributed by atoms with van der Waals surface area (Å²) in [4.78, 5) is 10.8. The van der Waals surface area contributed by atoms with Crippen molar-refractivity contribution in [2.45, 2.75) is 26.3 Å². The van der Waals surface area contributed by atoms with Gasteiger partial charge in [0.1, 0.15) is 0 Å². The summed E-state index contributed by atoms with van der Waals surface area (Å²) in [7, 11) is 1.40. The Balaban J connectivity index is 2.41. The molecule has 0 atom stereocenters. The fourth-order valence-electron chi connectivity index (χ4n) is 1.06. The van der Waals surface area contributed by atoms with E-state index in [1.807, 2.05) is 17.8 Å². The van der Waals surface area contributed by atoms with Gasteiger partial charge in [0.05, 0.1) is 13.3 Å². The third-order valence-electron chi connectivity index (χ3n) is 1.86. The second kappa shape index (κ2) is 4.64. The van der Waals surface area contributed by atoms with Crippen LogP contribution in [-0.2, 0) is 22.5 Å². The van der Waals surface area contributed by atoms with Gasteiger partial charge in [-0.2, -0.15) is 5.10 Å². The molecule has 0 amide bonds. The first-order valence-electron chi connectivity index (χ1n) is 4.34. The molecule has 0 radical (unpaired) electrons. The van der Waals surface area contributed by atoms with Crippen molar-refractivity contribution in [3.63, 3.8) is 0 Å². The second-order valence-corrected chi connectivity index (χ2v) is 2.78. The third-order valence-corrected chi connectivity index (χ3v) is 1.86. The molecule has 0 bridgehead atoms. The van der Waals surface area contributed by atoms with E-state index in [4.69, 9.17) is 0 Å². The highest BCUT2D eigenvalue weighted by molar-refractivity contribution is 5.69. The van der Waals surface area contributed by atoms with Crippen LogP contribution in [0.1, 0.15) is 18.9 Å². The molecule has 0 unspecified atom stereocenters. The molecule has 0 spiro atoms. The van der Waals surface area contributed by atoms with E-state index in [0.29, 0.717) is 12.8 Å². The van der Waals surface area contributed by atoms with Crippen LogP contribution in [0, 0.1) is 0 Å². The molecule has 0 aliphatic carbocycles. The zero-order valence-electron chi connectivity index (χ0n) is 7.99. The number of methoxy groups -OCH3 is 1. The number of carbonyl (C=O) groups is 1. The molecule has 0 saturated heterocycles. The van der Waals surface area contributed by atoms with Crippen LogP contribution in [0.4, 0.5) is 0 Å². The highest BCUT2D eigenvalue weighted by atomic mass is 16.5. The van der Waals surface area contributed by atoms with Gasteiger partial charge in [-0.05, 0) is 18.9 Å². The van der Waals surface area contributed by atoms with Gasteiger partial charge in [-0.25, -0.2) is 0 Å². The largest absolute Gasteiger partial charge is 0.469 e. The summed E-state index contributed by atoms with van der Waals surface area (Å²) < 4.78 is 6.38. The van der Waals surface area contributed by atoms with Gasteiger partial charge in [-0.15, -0.1) is 0 Å². The van der Waals surface area contributed by atoms with Crippen LogP contribution in [-0.4, -0.2) is 22.9 Å². The van der Waals surface area contributed by atoms with E-state index in [-0.39, 0.29) is 5.97 Å².